The predicted molar refractivity (Wildman–Crippen MR) is 68.3 cm³/mol. The van der Waals surface area contributed by atoms with Crippen LogP contribution in [0.2, 0.25) is 0 Å². The zero-order valence-corrected chi connectivity index (χ0v) is 11.1. The Morgan fingerprint density at radius 2 is 2.39 bits per heavy atom. The van der Waals surface area contributed by atoms with Crippen LogP contribution < -0.4 is 5.32 Å². The Bertz CT molecular complexity index is 397. The minimum Gasteiger partial charge on any atom is -0.334 e. The summed E-state index contributed by atoms with van der Waals surface area (Å²) in [6.07, 6.45) is 3.28. The number of aromatic amines is 1. The summed E-state index contributed by atoms with van der Waals surface area (Å²) in [6, 6.07) is 0.417. The minimum atomic E-state index is -0.0742. The van der Waals surface area contributed by atoms with Gasteiger partial charge in [-0.05, 0) is 32.7 Å². The Morgan fingerprint density at radius 1 is 1.56 bits per heavy atom. The van der Waals surface area contributed by atoms with Gasteiger partial charge in [0.25, 0.3) is 5.91 Å². The SMILES string of the molecule is CCCN(CC1CCCN1)C(=O)c1n[nH]c(C)n1. The summed E-state index contributed by atoms with van der Waals surface area (Å²) in [6.45, 7) is 6.43. The summed E-state index contributed by atoms with van der Waals surface area (Å²) in [7, 11) is 0. The monoisotopic (exact) mass is 251 g/mol. The van der Waals surface area contributed by atoms with Crippen molar-refractivity contribution in [2.45, 2.75) is 39.2 Å². The molecule has 1 fully saturated rings. The Balaban J connectivity index is 2.01. The first kappa shape index (κ1) is 13.0. The van der Waals surface area contributed by atoms with Gasteiger partial charge in [-0.15, -0.1) is 5.10 Å². The van der Waals surface area contributed by atoms with E-state index in [1.165, 1.54) is 6.42 Å². The van der Waals surface area contributed by atoms with Crippen LogP contribution in [0.3, 0.4) is 0 Å². The third-order valence-corrected chi connectivity index (χ3v) is 3.17. The molecule has 6 heteroatoms. The fraction of sp³-hybridized carbons (Fsp3) is 0.750. The van der Waals surface area contributed by atoms with Crippen LogP contribution >= 0.6 is 0 Å². The molecule has 1 aliphatic heterocycles. The molecule has 0 bridgehead atoms. The second kappa shape index (κ2) is 5.95. The third-order valence-electron chi connectivity index (χ3n) is 3.17. The molecule has 18 heavy (non-hydrogen) atoms. The van der Waals surface area contributed by atoms with Crippen LogP contribution in [-0.4, -0.2) is 51.7 Å². The fourth-order valence-electron chi connectivity index (χ4n) is 2.30. The highest BCUT2D eigenvalue weighted by Crippen LogP contribution is 2.09. The molecular weight excluding hydrogens is 230 g/mol. The second-order valence-corrected chi connectivity index (χ2v) is 4.79. The first-order valence-corrected chi connectivity index (χ1v) is 6.62. The van der Waals surface area contributed by atoms with Gasteiger partial charge >= 0.3 is 0 Å². The number of aromatic nitrogens is 3. The number of nitrogens with zero attached hydrogens (tertiary/aromatic N) is 3. The van der Waals surface area contributed by atoms with E-state index in [4.69, 9.17) is 0 Å². The van der Waals surface area contributed by atoms with Gasteiger partial charge in [0.1, 0.15) is 5.82 Å². The number of amides is 1. The summed E-state index contributed by atoms with van der Waals surface area (Å²) < 4.78 is 0. The van der Waals surface area contributed by atoms with E-state index in [1.807, 2.05) is 4.90 Å². The largest absolute Gasteiger partial charge is 0.334 e. The second-order valence-electron chi connectivity index (χ2n) is 4.79. The maximum atomic E-state index is 12.3. The van der Waals surface area contributed by atoms with Crippen molar-refractivity contribution >= 4 is 5.91 Å². The Hall–Kier alpha value is -1.43. The number of hydrogen-bond donors (Lipinski definition) is 2. The van der Waals surface area contributed by atoms with E-state index >= 15 is 0 Å². The Morgan fingerprint density at radius 3 is 2.94 bits per heavy atom. The predicted octanol–water partition coefficient (Wildman–Crippen LogP) is 0.717. The van der Waals surface area contributed by atoms with Crippen molar-refractivity contribution in [2.24, 2.45) is 0 Å². The average Bonchev–Trinajstić information content (AvgIpc) is 2.99. The number of aryl methyl sites for hydroxylation is 1. The van der Waals surface area contributed by atoms with Crippen molar-refractivity contribution in [2.75, 3.05) is 19.6 Å². The van der Waals surface area contributed by atoms with Crippen molar-refractivity contribution in [1.29, 1.82) is 0 Å². The molecule has 1 amide bonds. The average molecular weight is 251 g/mol. The van der Waals surface area contributed by atoms with Gasteiger partial charge in [-0.25, -0.2) is 4.98 Å². The lowest BCUT2D eigenvalue weighted by Crippen LogP contribution is -2.41. The molecule has 6 nitrogen and oxygen atoms in total. The van der Waals surface area contributed by atoms with Gasteiger partial charge in [-0.2, -0.15) is 0 Å². The zero-order chi connectivity index (χ0) is 13.0. The van der Waals surface area contributed by atoms with Crippen molar-refractivity contribution in [3.8, 4) is 0 Å². The van der Waals surface area contributed by atoms with E-state index in [0.717, 1.165) is 32.5 Å². The number of hydrogen-bond acceptors (Lipinski definition) is 4. The van der Waals surface area contributed by atoms with E-state index in [-0.39, 0.29) is 11.7 Å². The summed E-state index contributed by atoms with van der Waals surface area (Å²) in [5, 5.41) is 10.1. The Labute approximate surface area is 107 Å². The smallest absolute Gasteiger partial charge is 0.293 e. The van der Waals surface area contributed by atoms with Crippen LogP contribution in [-0.2, 0) is 0 Å². The van der Waals surface area contributed by atoms with Crippen molar-refractivity contribution in [3.63, 3.8) is 0 Å². The van der Waals surface area contributed by atoms with Gasteiger partial charge in [0.2, 0.25) is 5.82 Å². The first-order valence-electron chi connectivity index (χ1n) is 6.62. The lowest BCUT2D eigenvalue weighted by atomic mass is 10.2. The van der Waals surface area contributed by atoms with Crippen LogP contribution in [0.4, 0.5) is 0 Å². The quantitative estimate of drug-likeness (QED) is 0.808. The van der Waals surface area contributed by atoms with E-state index in [2.05, 4.69) is 27.4 Å². The number of H-pyrrole nitrogens is 1. The standard InChI is InChI=1S/C12H21N5O/c1-3-7-17(8-10-5-4-6-13-10)12(18)11-14-9(2)15-16-11/h10,13H,3-8H2,1-2H3,(H,14,15,16). The molecule has 0 radical (unpaired) electrons. The van der Waals surface area contributed by atoms with Crippen LogP contribution in [0.5, 0.6) is 0 Å². The molecule has 1 aliphatic rings. The summed E-state index contributed by atoms with van der Waals surface area (Å²) >= 11 is 0. The molecule has 1 unspecified atom stereocenters. The normalized spacial score (nSPS) is 19.1. The summed E-state index contributed by atoms with van der Waals surface area (Å²) in [4.78, 5) is 18.3. The summed E-state index contributed by atoms with van der Waals surface area (Å²) in [5.74, 6) is 0.877. The maximum absolute atomic E-state index is 12.3. The highest BCUT2D eigenvalue weighted by molar-refractivity contribution is 5.90. The van der Waals surface area contributed by atoms with Gasteiger partial charge in [-0.1, -0.05) is 6.92 Å². The molecule has 0 aromatic carbocycles. The van der Waals surface area contributed by atoms with Crippen molar-refractivity contribution in [3.05, 3.63) is 11.6 Å². The van der Waals surface area contributed by atoms with Gasteiger partial charge in [-0.3, -0.25) is 9.89 Å². The van der Waals surface area contributed by atoms with Crippen LogP contribution in [0, 0.1) is 6.92 Å². The highest BCUT2D eigenvalue weighted by atomic mass is 16.2. The van der Waals surface area contributed by atoms with Crippen LogP contribution in [0.25, 0.3) is 0 Å². The minimum absolute atomic E-state index is 0.0742. The Kier molecular flexibility index (Phi) is 4.30. The van der Waals surface area contributed by atoms with Gasteiger partial charge < -0.3 is 10.2 Å². The van der Waals surface area contributed by atoms with Gasteiger partial charge in [0.15, 0.2) is 0 Å². The van der Waals surface area contributed by atoms with Gasteiger partial charge in [0.05, 0.1) is 0 Å². The van der Waals surface area contributed by atoms with Crippen molar-refractivity contribution in [1.82, 2.24) is 25.4 Å². The van der Waals surface area contributed by atoms with E-state index in [9.17, 15) is 4.79 Å². The molecule has 100 valence electrons. The number of nitrogens with one attached hydrogen (secondary N) is 2. The third kappa shape index (κ3) is 3.07. The topological polar surface area (TPSA) is 73.9 Å². The molecule has 0 spiro atoms. The summed E-state index contributed by atoms with van der Waals surface area (Å²) in [5.41, 5.74) is 0. The number of carbonyl (C=O) groups excluding carboxylic acids is 1. The molecule has 2 rings (SSSR count). The molecule has 0 aliphatic carbocycles. The molecule has 2 N–H and O–H groups in total. The molecular formula is C12H21N5O. The number of carbonyl (C=O) groups is 1. The zero-order valence-electron chi connectivity index (χ0n) is 11.1. The molecule has 2 heterocycles. The molecule has 1 saturated heterocycles. The molecule has 1 atom stereocenters. The van der Waals surface area contributed by atoms with Gasteiger partial charge in [0, 0.05) is 19.1 Å². The van der Waals surface area contributed by atoms with Crippen molar-refractivity contribution < 1.29 is 4.79 Å². The van der Waals surface area contributed by atoms with E-state index in [1.54, 1.807) is 6.92 Å². The number of rotatable bonds is 5. The maximum Gasteiger partial charge on any atom is 0.293 e. The highest BCUT2D eigenvalue weighted by Gasteiger charge is 2.24. The first-order chi connectivity index (χ1) is 8.70. The molecule has 0 saturated carbocycles. The molecule has 1 aromatic heterocycles. The molecule has 1 aromatic rings. The van der Waals surface area contributed by atoms with E-state index < -0.39 is 0 Å². The van der Waals surface area contributed by atoms with Crippen LogP contribution in [0.15, 0.2) is 0 Å². The lowest BCUT2D eigenvalue weighted by molar-refractivity contribution is 0.0730. The van der Waals surface area contributed by atoms with Crippen LogP contribution in [0.1, 0.15) is 42.6 Å². The van der Waals surface area contributed by atoms with E-state index in [0.29, 0.717) is 11.9 Å². The lowest BCUT2D eigenvalue weighted by Gasteiger charge is -2.24. The fourth-order valence-corrected chi connectivity index (χ4v) is 2.30.